The quantitative estimate of drug-likeness (QED) is 0.226. The van der Waals surface area contributed by atoms with Gasteiger partial charge in [0.2, 0.25) is 0 Å². The first kappa shape index (κ1) is 26.0. The summed E-state index contributed by atoms with van der Waals surface area (Å²) in [6.45, 7) is 4.28. The van der Waals surface area contributed by atoms with Gasteiger partial charge in [0.15, 0.2) is 0 Å². The number of hydrogen-bond donors (Lipinski definition) is 0. The number of furan rings is 1. The summed E-state index contributed by atoms with van der Waals surface area (Å²) >= 11 is 0. The number of rotatable bonds is 9. The lowest BCUT2D eigenvalue weighted by atomic mass is 10.1. The third-order valence-corrected chi connectivity index (χ3v) is 6.96. The lowest BCUT2D eigenvalue weighted by molar-refractivity contribution is 0.0624. The zero-order valence-corrected chi connectivity index (χ0v) is 22.3. The summed E-state index contributed by atoms with van der Waals surface area (Å²) in [6, 6.07) is 25.3. The zero-order chi connectivity index (χ0) is 27.4. The van der Waals surface area contributed by atoms with Crippen LogP contribution in [0, 0.1) is 0 Å². The second kappa shape index (κ2) is 11.4. The van der Waals surface area contributed by atoms with Crippen molar-refractivity contribution in [2.45, 2.75) is 39.3 Å². The number of benzene rings is 3. The lowest BCUT2D eigenvalue weighted by Crippen LogP contribution is -2.38. The number of ether oxygens (including phenoxy) is 1. The molecule has 0 aliphatic rings. The molecular formula is C32H31N3O4. The molecule has 0 spiro atoms. The Morgan fingerprint density at radius 2 is 1.72 bits per heavy atom. The Morgan fingerprint density at radius 1 is 0.974 bits per heavy atom. The van der Waals surface area contributed by atoms with E-state index in [0.717, 1.165) is 12.0 Å². The number of nitrogens with zero attached hydrogens (tertiary/aromatic N) is 3. The van der Waals surface area contributed by atoms with Gasteiger partial charge in [-0.25, -0.2) is 4.98 Å². The summed E-state index contributed by atoms with van der Waals surface area (Å²) in [5, 5.41) is 0.487. The minimum absolute atomic E-state index is 0.171. The van der Waals surface area contributed by atoms with Crippen molar-refractivity contribution in [3.05, 3.63) is 124 Å². The van der Waals surface area contributed by atoms with Crippen molar-refractivity contribution in [1.82, 2.24) is 14.5 Å². The van der Waals surface area contributed by atoms with Crippen LogP contribution in [-0.4, -0.2) is 27.5 Å². The highest BCUT2D eigenvalue weighted by Gasteiger charge is 2.31. The maximum absolute atomic E-state index is 14.1. The molecule has 39 heavy (non-hydrogen) atoms. The molecule has 1 amide bonds. The standard InChI is InChI=1S/C32H31N3O4/c1-4-22-16-18-23(19-17-22)31(36)34(21-24-11-10-20-39-24)27(5-2)30-33-26-13-7-6-12-25(26)32(37)35(30)28-14-8-9-15-29(28)38-3/h6-20,27H,4-5,21H2,1-3H3. The number of carbonyl (C=O) groups excluding carboxylic acids is 1. The summed E-state index contributed by atoms with van der Waals surface area (Å²) in [6.07, 6.45) is 2.99. The zero-order valence-electron chi connectivity index (χ0n) is 22.3. The molecule has 198 valence electrons. The third kappa shape index (κ3) is 5.08. The van der Waals surface area contributed by atoms with Crippen LogP contribution < -0.4 is 10.3 Å². The Balaban J connectivity index is 1.73. The van der Waals surface area contributed by atoms with Crippen LogP contribution in [-0.2, 0) is 13.0 Å². The van der Waals surface area contributed by atoms with Gasteiger partial charge in [-0.1, -0.05) is 50.2 Å². The number of hydrogen-bond acceptors (Lipinski definition) is 5. The number of carbonyl (C=O) groups is 1. The molecule has 1 unspecified atom stereocenters. The van der Waals surface area contributed by atoms with E-state index in [4.69, 9.17) is 14.1 Å². The van der Waals surface area contributed by atoms with E-state index in [1.54, 1.807) is 35.0 Å². The van der Waals surface area contributed by atoms with Crippen molar-refractivity contribution in [2.24, 2.45) is 0 Å². The topological polar surface area (TPSA) is 77.6 Å². The number of fused-ring (bicyclic) bond motifs is 1. The molecule has 3 aromatic carbocycles. The highest BCUT2D eigenvalue weighted by atomic mass is 16.5. The van der Waals surface area contributed by atoms with Crippen LogP contribution in [0.2, 0.25) is 0 Å². The molecule has 7 nitrogen and oxygen atoms in total. The smallest absolute Gasteiger partial charge is 0.266 e. The van der Waals surface area contributed by atoms with Crippen molar-refractivity contribution < 1.29 is 13.9 Å². The normalized spacial score (nSPS) is 11.9. The van der Waals surface area contributed by atoms with E-state index in [9.17, 15) is 9.59 Å². The molecule has 7 heteroatoms. The van der Waals surface area contributed by atoms with Crippen molar-refractivity contribution in [2.75, 3.05) is 7.11 Å². The van der Waals surface area contributed by atoms with E-state index in [1.807, 2.05) is 79.7 Å². The first-order chi connectivity index (χ1) is 19.0. The number of para-hydroxylation sites is 3. The number of amides is 1. The van der Waals surface area contributed by atoms with Crippen LogP contribution in [0.1, 0.15) is 53.8 Å². The minimum Gasteiger partial charge on any atom is -0.495 e. The summed E-state index contributed by atoms with van der Waals surface area (Å²) in [7, 11) is 1.57. The molecule has 2 aromatic heterocycles. The van der Waals surface area contributed by atoms with E-state index >= 15 is 0 Å². The van der Waals surface area contributed by atoms with Gasteiger partial charge in [0.05, 0.1) is 42.5 Å². The molecule has 0 N–H and O–H groups in total. The first-order valence-corrected chi connectivity index (χ1v) is 13.1. The van der Waals surface area contributed by atoms with Gasteiger partial charge >= 0.3 is 0 Å². The SMILES string of the molecule is CCc1ccc(C(=O)N(Cc2ccco2)C(CC)c2nc3ccccc3c(=O)n2-c2ccccc2OC)cc1. The Hall–Kier alpha value is -4.65. The Bertz CT molecular complexity index is 1640. The third-order valence-electron chi connectivity index (χ3n) is 6.96. The van der Waals surface area contributed by atoms with Gasteiger partial charge in [-0.05, 0) is 66.9 Å². The molecule has 0 aliphatic heterocycles. The molecule has 0 saturated heterocycles. The largest absolute Gasteiger partial charge is 0.495 e. The molecule has 0 aliphatic carbocycles. The van der Waals surface area contributed by atoms with Gasteiger partial charge in [-0.2, -0.15) is 0 Å². The summed E-state index contributed by atoms with van der Waals surface area (Å²) < 4.78 is 12.9. The van der Waals surface area contributed by atoms with Crippen LogP contribution in [0.5, 0.6) is 5.75 Å². The highest BCUT2D eigenvalue weighted by molar-refractivity contribution is 5.94. The maximum atomic E-state index is 14.1. The Morgan fingerprint density at radius 3 is 2.41 bits per heavy atom. The van der Waals surface area contributed by atoms with E-state index in [1.165, 1.54) is 0 Å². The lowest BCUT2D eigenvalue weighted by Gasteiger charge is -2.32. The molecule has 2 heterocycles. The van der Waals surface area contributed by atoms with Crippen molar-refractivity contribution in [3.63, 3.8) is 0 Å². The fourth-order valence-corrected chi connectivity index (χ4v) is 4.91. The van der Waals surface area contributed by atoms with E-state index in [-0.39, 0.29) is 18.0 Å². The second-order valence-electron chi connectivity index (χ2n) is 9.29. The predicted molar refractivity (Wildman–Crippen MR) is 151 cm³/mol. The van der Waals surface area contributed by atoms with E-state index < -0.39 is 6.04 Å². The highest BCUT2D eigenvalue weighted by Crippen LogP contribution is 2.31. The summed E-state index contributed by atoms with van der Waals surface area (Å²) in [4.78, 5) is 34.9. The number of aryl methyl sites for hydroxylation is 1. The van der Waals surface area contributed by atoms with Crippen LogP contribution in [0.3, 0.4) is 0 Å². The molecule has 0 bridgehead atoms. The Labute approximate surface area is 227 Å². The van der Waals surface area contributed by atoms with Gasteiger partial charge in [0, 0.05) is 5.56 Å². The van der Waals surface area contributed by atoms with Gasteiger partial charge in [-0.3, -0.25) is 14.2 Å². The van der Waals surface area contributed by atoms with Gasteiger partial charge in [0.25, 0.3) is 11.5 Å². The summed E-state index contributed by atoms with van der Waals surface area (Å²) in [5.41, 5.74) is 2.62. The molecule has 5 aromatic rings. The fourth-order valence-electron chi connectivity index (χ4n) is 4.91. The predicted octanol–water partition coefficient (Wildman–Crippen LogP) is 6.34. The van der Waals surface area contributed by atoms with Crippen LogP contribution >= 0.6 is 0 Å². The van der Waals surface area contributed by atoms with E-state index in [2.05, 4.69) is 6.92 Å². The average molecular weight is 522 g/mol. The summed E-state index contributed by atoms with van der Waals surface area (Å²) in [5.74, 6) is 1.46. The molecule has 0 fully saturated rings. The average Bonchev–Trinajstić information content (AvgIpc) is 3.50. The van der Waals surface area contributed by atoms with Crippen molar-refractivity contribution in [3.8, 4) is 11.4 Å². The van der Waals surface area contributed by atoms with Crippen molar-refractivity contribution in [1.29, 1.82) is 0 Å². The molecular weight excluding hydrogens is 490 g/mol. The minimum atomic E-state index is -0.546. The maximum Gasteiger partial charge on any atom is 0.266 e. The van der Waals surface area contributed by atoms with Gasteiger partial charge < -0.3 is 14.1 Å². The molecule has 5 rings (SSSR count). The van der Waals surface area contributed by atoms with Crippen LogP contribution in [0.25, 0.3) is 16.6 Å². The second-order valence-corrected chi connectivity index (χ2v) is 9.29. The Kier molecular flexibility index (Phi) is 7.59. The molecule has 0 saturated carbocycles. The number of aromatic nitrogens is 2. The van der Waals surface area contributed by atoms with E-state index in [0.29, 0.717) is 45.9 Å². The fraction of sp³-hybridized carbons (Fsp3) is 0.219. The van der Waals surface area contributed by atoms with Crippen LogP contribution in [0.15, 0.2) is 100 Å². The first-order valence-electron chi connectivity index (χ1n) is 13.1. The van der Waals surface area contributed by atoms with Crippen molar-refractivity contribution >= 4 is 16.8 Å². The van der Waals surface area contributed by atoms with Gasteiger partial charge in [0.1, 0.15) is 17.3 Å². The van der Waals surface area contributed by atoms with Crippen LogP contribution in [0.4, 0.5) is 0 Å². The monoisotopic (exact) mass is 521 g/mol. The number of methoxy groups -OCH3 is 1. The molecule has 0 radical (unpaired) electrons. The molecule has 1 atom stereocenters. The van der Waals surface area contributed by atoms with Gasteiger partial charge in [-0.15, -0.1) is 0 Å².